The van der Waals surface area contributed by atoms with Gasteiger partial charge in [0.2, 0.25) is 41.4 Å². The van der Waals surface area contributed by atoms with E-state index >= 15 is 24.0 Å². The van der Waals surface area contributed by atoms with Gasteiger partial charge in [0.25, 0.3) is 0 Å². The first-order valence-corrected chi connectivity index (χ1v) is 48.2. The molecular weight excluding hydrogens is 1660 g/mol. The highest BCUT2D eigenvalue weighted by Crippen LogP contribution is 2.43. The molecular formula is C101H175N11O18. The maximum absolute atomic E-state index is 15.7. The van der Waals surface area contributed by atoms with E-state index in [2.05, 4.69) is 50.2 Å². The highest BCUT2D eigenvalue weighted by molar-refractivity contribution is 5.96. The van der Waals surface area contributed by atoms with Crippen LogP contribution in [0, 0.1) is 62.6 Å². The van der Waals surface area contributed by atoms with Gasteiger partial charge in [-0.05, 0) is 116 Å². The minimum Gasteiger partial charge on any atom is -0.491 e. The fourth-order valence-electron chi connectivity index (χ4n) is 16.5. The number of amides is 7. The van der Waals surface area contributed by atoms with Crippen molar-refractivity contribution >= 4 is 70.3 Å². The van der Waals surface area contributed by atoms with E-state index in [1.807, 2.05) is 126 Å². The second kappa shape index (κ2) is 62.8. The first kappa shape index (κ1) is 118. The zero-order valence-corrected chi connectivity index (χ0v) is 84.2. The van der Waals surface area contributed by atoms with E-state index in [1.165, 1.54) is 14.2 Å². The van der Waals surface area contributed by atoms with Gasteiger partial charge in [0, 0.05) is 229 Å². The Morgan fingerprint density at radius 1 is 0.369 bits per heavy atom. The molecule has 0 fully saturated rings. The van der Waals surface area contributed by atoms with Gasteiger partial charge in [-0.2, -0.15) is 0 Å². The number of likely N-dealkylation sites (N-methyl/N-ethyl adjacent to an activating group) is 6. The molecule has 8 atom stereocenters. The fourth-order valence-corrected chi connectivity index (χ4v) is 16.5. The lowest BCUT2D eigenvalue weighted by Crippen LogP contribution is -2.44. The molecule has 0 spiro atoms. The maximum atomic E-state index is 15.7. The minimum absolute atomic E-state index is 0.0184. The number of Topliss-reactive ketones (excluding diaryl/α,β-unsaturated/α-hetero) is 5. The third kappa shape index (κ3) is 48.8. The highest BCUT2D eigenvalue weighted by atomic mass is 16.5. The number of para-hydroxylation sites is 2. The second-order valence-electron chi connectivity index (χ2n) is 40.1. The van der Waals surface area contributed by atoms with Gasteiger partial charge < -0.3 is 85.1 Å². The van der Waals surface area contributed by atoms with Gasteiger partial charge in [0.05, 0.1) is 13.2 Å². The molecule has 0 aliphatic rings. The van der Waals surface area contributed by atoms with Crippen LogP contribution < -0.4 is 36.1 Å². The summed E-state index contributed by atoms with van der Waals surface area (Å²) in [5, 5.41) is 36.3. The summed E-state index contributed by atoms with van der Waals surface area (Å²) in [5.41, 5.74) is -6.29. The normalized spacial score (nSPS) is 14.1. The Kier molecular flexibility index (Phi) is 57.2. The number of aliphatic hydroxyl groups excluding tert-OH is 2. The number of nitrogens with zero attached hydrogens (tertiary/aromatic N) is 6. The van der Waals surface area contributed by atoms with Crippen LogP contribution in [0.25, 0.3) is 0 Å². The Labute approximate surface area is 781 Å². The monoisotopic (exact) mass is 1830 g/mol. The third-order valence-electron chi connectivity index (χ3n) is 25.1. The van der Waals surface area contributed by atoms with E-state index in [-0.39, 0.29) is 164 Å². The topological polar surface area (TPSA) is 362 Å². The van der Waals surface area contributed by atoms with Crippen molar-refractivity contribution in [3.8, 4) is 11.5 Å². The van der Waals surface area contributed by atoms with Gasteiger partial charge in [0.15, 0.2) is 0 Å². The minimum atomic E-state index is -1.39. The molecule has 742 valence electrons. The first-order chi connectivity index (χ1) is 61.2. The number of nitrogens with one attached hydrogen (secondary N) is 5. The molecule has 0 aromatic heterocycles. The molecule has 29 nitrogen and oxygen atoms in total. The van der Waals surface area contributed by atoms with Crippen molar-refractivity contribution in [1.29, 1.82) is 0 Å². The van der Waals surface area contributed by atoms with Crippen LogP contribution >= 0.6 is 0 Å². The molecule has 0 aliphatic heterocycles. The maximum Gasteiger partial charge on any atom is 0.225 e. The Morgan fingerprint density at radius 3 is 1.19 bits per heavy atom. The van der Waals surface area contributed by atoms with Crippen molar-refractivity contribution in [2.75, 3.05) is 181 Å². The fraction of sp³-hybridized carbons (Fsp3) is 0.762. The van der Waals surface area contributed by atoms with Crippen LogP contribution in [0.1, 0.15) is 245 Å². The molecule has 7 N–H and O–H groups in total. The van der Waals surface area contributed by atoms with Gasteiger partial charge >= 0.3 is 0 Å². The lowest BCUT2D eigenvalue weighted by atomic mass is 9.67. The Hall–Kier alpha value is -7.64. The number of aliphatic hydroxyl groups is 2. The predicted octanol–water partition coefficient (Wildman–Crippen LogP) is 11.1. The van der Waals surface area contributed by atoms with Crippen molar-refractivity contribution in [2.45, 2.75) is 257 Å². The van der Waals surface area contributed by atoms with Gasteiger partial charge in [-0.15, -0.1) is 0 Å². The summed E-state index contributed by atoms with van der Waals surface area (Å²) in [6, 6.07) is 18.6. The van der Waals surface area contributed by atoms with E-state index in [0.717, 1.165) is 44.9 Å². The molecule has 0 bridgehead atoms. The van der Waals surface area contributed by atoms with Gasteiger partial charge in [-0.25, -0.2) is 0 Å². The molecule has 130 heavy (non-hydrogen) atoms. The van der Waals surface area contributed by atoms with Gasteiger partial charge in [-0.3, -0.25) is 57.5 Å². The van der Waals surface area contributed by atoms with Crippen molar-refractivity contribution < 1.29 is 86.7 Å². The third-order valence-corrected chi connectivity index (χ3v) is 25.1. The van der Waals surface area contributed by atoms with E-state index in [1.54, 1.807) is 79.3 Å². The van der Waals surface area contributed by atoms with Crippen molar-refractivity contribution in [2.24, 2.45) is 62.6 Å². The zero-order valence-electron chi connectivity index (χ0n) is 84.2. The molecule has 0 heterocycles. The van der Waals surface area contributed by atoms with Crippen molar-refractivity contribution in [1.82, 2.24) is 56.0 Å². The van der Waals surface area contributed by atoms with Crippen LogP contribution in [0.5, 0.6) is 11.5 Å². The largest absolute Gasteiger partial charge is 0.491 e. The Balaban J connectivity index is 2.73. The summed E-state index contributed by atoms with van der Waals surface area (Å²) < 4.78 is 21.9. The van der Waals surface area contributed by atoms with Crippen LogP contribution in [0.2, 0.25) is 0 Å². The van der Waals surface area contributed by atoms with Crippen LogP contribution in [0.4, 0.5) is 0 Å². The zero-order chi connectivity index (χ0) is 97.8. The summed E-state index contributed by atoms with van der Waals surface area (Å²) in [4.78, 5) is 188. The number of hydrogen-bond acceptors (Lipinski definition) is 22. The number of ketones is 5. The number of ether oxygens (including phenoxy) is 4. The van der Waals surface area contributed by atoms with Crippen molar-refractivity contribution in [3.63, 3.8) is 0 Å². The van der Waals surface area contributed by atoms with E-state index in [0.29, 0.717) is 116 Å². The molecule has 2 rings (SSSR count). The number of carbonyl (C=O) groups is 12. The van der Waals surface area contributed by atoms with Gasteiger partial charge in [-0.1, -0.05) is 178 Å². The number of methoxy groups -OCH3 is 2. The van der Waals surface area contributed by atoms with Crippen LogP contribution in [-0.4, -0.2) is 303 Å². The Morgan fingerprint density at radius 2 is 0.731 bits per heavy atom. The number of benzene rings is 2. The van der Waals surface area contributed by atoms with Crippen LogP contribution in [0.15, 0.2) is 60.7 Å². The highest BCUT2D eigenvalue weighted by Gasteiger charge is 2.46. The van der Waals surface area contributed by atoms with Crippen LogP contribution in [0.3, 0.4) is 0 Å². The molecule has 0 aliphatic carbocycles. The average molecular weight is 1830 g/mol. The molecule has 2 aromatic rings. The second-order valence-corrected chi connectivity index (χ2v) is 40.1. The summed E-state index contributed by atoms with van der Waals surface area (Å²) in [6.07, 6.45) is 5.24. The predicted molar refractivity (Wildman–Crippen MR) is 514 cm³/mol. The molecule has 0 saturated carbocycles. The SMILES string of the molecule is CCCCCCNC(=O)CC(CC(C)(C)C(=O)CC(CC(C)(C)C(=O)C(CC(=O)NCCOC)CC(C)(C)C(=O)CC(CC)C(=O)NCCOC)C(=O)NCCCCCC)C(=O)CC(C)(C)CC(CC(=O)C(C)(C)CC(CC(=O)N(C)CCN(C)CCN(C)CC(O)COc1ccccc1)C(=O)NCCCC)C(=O)N(C)CCN(C)CCN(C)CC(O)COc1ccccc1. The van der Waals surface area contributed by atoms with Crippen LogP contribution in [-0.2, 0) is 67.0 Å². The quantitative estimate of drug-likeness (QED) is 0.0302. The lowest BCUT2D eigenvalue weighted by molar-refractivity contribution is -0.142. The first-order valence-electron chi connectivity index (χ1n) is 48.2. The molecule has 0 radical (unpaired) electrons. The van der Waals surface area contributed by atoms with Gasteiger partial charge in [0.1, 0.15) is 65.8 Å². The number of hydrogen-bond donors (Lipinski definition) is 7. The molecule has 7 amide bonds. The number of carbonyl (C=O) groups excluding carboxylic acids is 12. The molecule has 8 unspecified atom stereocenters. The van der Waals surface area contributed by atoms with E-state index < -0.39 is 104 Å². The molecule has 29 heteroatoms. The standard InChI is InChI=1S/C101H175N11O18/c1-23-27-30-38-45-102-89(119)62-76(66-98(7,8)87(117)60-78(94(124)105-46-39-31-28-24-2)69-101(13,14)92(122)77(63-90(120)103-47-57-127-21)67-99(9,10)86(116)59-75(26-4)93(123)106-48-58-128-22)85(115)70-97(5,6)65-80(96(126)112(20)56-54-108(16)50-52-110(18)72-82(114)74-130-84-42-36-33-37-43-84)61-88(118)100(11,12)68-79(95(125)104-44-29-25-3)64-91(121)111(19)55-53-107(15)49-51-109(17)71-81(113)73-129-83-40-34-32-35-41-83/h32-37,40-43,75-82,113-114H,23-31,38-39,44-74H2,1-22H3,(H,102,119)(H,103,120)(H,104,125)(H,105,124)(H,106,123). The average Bonchev–Trinajstić information content (AvgIpc) is 0.791. The number of unbranched alkanes of at least 4 members (excludes halogenated alkanes) is 7. The Bertz CT molecular complexity index is 3660. The van der Waals surface area contributed by atoms with Crippen molar-refractivity contribution in [3.05, 3.63) is 60.7 Å². The van der Waals surface area contributed by atoms with E-state index in [9.17, 15) is 43.8 Å². The summed E-state index contributed by atoms with van der Waals surface area (Å²) in [6.45, 7) is 32.3. The molecule has 0 saturated heterocycles. The van der Waals surface area contributed by atoms with E-state index in [4.69, 9.17) is 18.9 Å². The smallest absolute Gasteiger partial charge is 0.225 e. The lowest BCUT2D eigenvalue weighted by Gasteiger charge is -2.36. The summed E-state index contributed by atoms with van der Waals surface area (Å²) in [7, 11) is 14.1. The number of rotatable bonds is 76. The summed E-state index contributed by atoms with van der Waals surface area (Å²) in [5.74, 6) is -8.85. The summed E-state index contributed by atoms with van der Waals surface area (Å²) >= 11 is 0. The molecule has 2 aromatic carbocycles.